The maximum atomic E-state index is 12.5. The van der Waals surface area contributed by atoms with Gasteiger partial charge in [0.1, 0.15) is 6.10 Å². The molecule has 0 aliphatic carbocycles. The van der Waals surface area contributed by atoms with Crippen LogP contribution in [-0.4, -0.2) is 40.5 Å². The molecule has 1 amide bonds. The summed E-state index contributed by atoms with van der Waals surface area (Å²) >= 11 is 0. The van der Waals surface area contributed by atoms with Gasteiger partial charge in [-0.25, -0.2) is 0 Å². The molecule has 1 fully saturated rings. The highest BCUT2D eigenvalue weighted by atomic mass is 16.5. The zero-order valence-electron chi connectivity index (χ0n) is 11.9. The molecule has 0 spiro atoms. The Labute approximate surface area is 123 Å². The van der Waals surface area contributed by atoms with Gasteiger partial charge in [-0.05, 0) is 36.8 Å². The molecule has 1 saturated heterocycles. The van der Waals surface area contributed by atoms with Gasteiger partial charge in [0.05, 0.1) is 18.7 Å². The van der Waals surface area contributed by atoms with Gasteiger partial charge in [-0.3, -0.25) is 14.8 Å². The third kappa shape index (κ3) is 3.08. The Morgan fingerprint density at radius 1 is 1.29 bits per heavy atom. The van der Waals surface area contributed by atoms with Crippen LogP contribution in [0.25, 0.3) is 0 Å². The van der Waals surface area contributed by atoms with Gasteiger partial charge in [-0.2, -0.15) is 0 Å². The first-order chi connectivity index (χ1) is 10.2. The van der Waals surface area contributed by atoms with Crippen LogP contribution < -0.4 is 0 Å². The van der Waals surface area contributed by atoms with E-state index in [9.17, 15) is 4.79 Å². The van der Waals surface area contributed by atoms with Gasteiger partial charge in [0, 0.05) is 30.8 Å². The first-order valence-corrected chi connectivity index (χ1v) is 6.97. The lowest BCUT2D eigenvalue weighted by atomic mass is 10.1. The highest BCUT2D eigenvalue weighted by molar-refractivity contribution is 5.94. The second kappa shape index (κ2) is 6.01. The molecule has 1 unspecified atom stereocenters. The van der Waals surface area contributed by atoms with Crippen molar-refractivity contribution in [3.05, 3.63) is 59.7 Å². The third-order valence-corrected chi connectivity index (χ3v) is 3.59. The number of carbonyl (C=O) groups excluding carboxylic acids is 1. The molecule has 0 saturated carbocycles. The molecular weight excluding hydrogens is 266 g/mol. The van der Waals surface area contributed by atoms with Crippen LogP contribution >= 0.6 is 0 Å². The van der Waals surface area contributed by atoms with Gasteiger partial charge in [-0.15, -0.1) is 0 Å². The average Bonchev–Trinajstić information content (AvgIpc) is 2.56. The van der Waals surface area contributed by atoms with Gasteiger partial charge in [0.2, 0.25) is 0 Å². The Morgan fingerprint density at radius 3 is 2.81 bits per heavy atom. The maximum absolute atomic E-state index is 12.5. The van der Waals surface area contributed by atoms with Crippen LogP contribution in [-0.2, 0) is 4.74 Å². The zero-order valence-corrected chi connectivity index (χ0v) is 11.9. The van der Waals surface area contributed by atoms with E-state index in [0.29, 0.717) is 25.3 Å². The van der Waals surface area contributed by atoms with Crippen molar-refractivity contribution < 1.29 is 9.53 Å². The van der Waals surface area contributed by atoms with Crippen LogP contribution in [0.1, 0.15) is 27.7 Å². The molecule has 1 atom stereocenters. The van der Waals surface area contributed by atoms with Crippen LogP contribution in [0.2, 0.25) is 0 Å². The molecular formula is C16H17N3O2. The van der Waals surface area contributed by atoms with Crippen LogP contribution in [0.5, 0.6) is 0 Å². The lowest BCUT2D eigenvalue weighted by molar-refractivity contribution is -0.0228. The highest BCUT2D eigenvalue weighted by Crippen LogP contribution is 2.22. The Balaban J connectivity index is 1.74. The molecule has 5 heteroatoms. The monoisotopic (exact) mass is 283 g/mol. The Bertz CT molecular complexity index is 613. The predicted octanol–water partition coefficient (Wildman–Crippen LogP) is 2.00. The minimum Gasteiger partial charge on any atom is -0.370 e. The van der Waals surface area contributed by atoms with Gasteiger partial charge in [-0.1, -0.05) is 0 Å². The smallest absolute Gasteiger partial charge is 0.255 e. The van der Waals surface area contributed by atoms with Crippen LogP contribution in [0.15, 0.2) is 42.9 Å². The molecule has 2 aromatic heterocycles. The van der Waals surface area contributed by atoms with E-state index < -0.39 is 0 Å². The predicted molar refractivity (Wildman–Crippen MR) is 77.8 cm³/mol. The van der Waals surface area contributed by atoms with E-state index in [4.69, 9.17) is 4.74 Å². The van der Waals surface area contributed by atoms with Crippen molar-refractivity contribution >= 4 is 5.91 Å². The van der Waals surface area contributed by atoms with E-state index >= 15 is 0 Å². The van der Waals surface area contributed by atoms with Gasteiger partial charge in [0.15, 0.2) is 0 Å². The largest absolute Gasteiger partial charge is 0.370 e. The summed E-state index contributed by atoms with van der Waals surface area (Å²) in [4.78, 5) is 22.5. The highest BCUT2D eigenvalue weighted by Gasteiger charge is 2.26. The molecule has 1 aliphatic rings. The first-order valence-electron chi connectivity index (χ1n) is 6.97. The molecule has 5 nitrogen and oxygen atoms in total. The first kappa shape index (κ1) is 13.7. The summed E-state index contributed by atoms with van der Waals surface area (Å²) in [5.41, 5.74) is 2.57. The Morgan fingerprint density at radius 2 is 2.10 bits per heavy atom. The van der Waals surface area contributed by atoms with E-state index in [2.05, 4.69) is 9.97 Å². The van der Waals surface area contributed by atoms with Crippen molar-refractivity contribution in [3.63, 3.8) is 0 Å². The standard InChI is InChI=1S/C16H17N3O2/c1-12-2-3-14(10-18-12)16(20)19-8-9-21-15(11-19)13-4-6-17-7-5-13/h2-7,10,15H,8-9,11H2,1H3. The van der Waals surface area contributed by atoms with Crippen LogP contribution in [0.3, 0.4) is 0 Å². The molecule has 108 valence electrons. The minimum absolute atomic E-state index is 0.00450. The number of pyridine rings is 2. The van der Waals surface area contributed by atoms with Crippen molar-refractivity contribution in [3.8, 4) is 0 Å². The van der Waals surface area contributed by atoms with Crippen molar-refractivity contribution in [1.82, 2.24) is 14.9 Å². The van der Waals surface area contributed by atoms with Gasteiger partial charge in [0.25, 0.3) is 5.91 Å². The number of carbonyl (C=O) groups is 1. The normalized spacial score (nSPS) is 18.5. The van der Waals surface area contributed by atoms with Gasteiger partial charge < -0.3 is 9.64 Å². The number of aryl methyl sites for hydroxylation is 1. The average molecular weight is 283 g/mol. The van der Waals surface area contributed by atoms with Crippen LogP contribution in [0.4, 0.5) is 0 Å². The van der Waals surface area contributed by atoms with E-state index in [-0.39, 0.29) is 12.0 Å². The van der Waals surface area contributed by atoms with Crippen molar-refractivity contribution in [1.29, 1.82) is 0 Å². The van der Waals surface area contributed by atoms with Crippen molar-refractivity contribution in [2.24, 2.45) is 0 Å². The van der Waals surface area contributed by atoms with Gasteiger partial charge >= 0.3 is 0 Å². The Kier molecular flexibility index (Phi) is 3.92. The second-order valence-corrected chi connectivity index (χ2v) is 5.08. The molecule has 3 heterocycles. The summed E-state index contributed by atoms with van der Waals surface area (Å²) < 4.78 is 5.76. The number of aromatic nitrogens is 2. The van der Waals surface area contributed by atoms with E-state index in [0.717, 1.165) is 11.3 Å². The van der Waals surface area contributed by atoms with E-state index in [1.165, 1.54) is 0 Å². The minimum atomic E-state index is -0.0934. The lowest BCUT2D eigenvalue weighted by Gasteiger charge is -2.33. The summed E-state index contributed by atoms with van der Waals surface area (Å²) in [6.07, 6.45) is 5.02. The Hall–Kier alpha value is -2.27. The fourth-order valence-corrected chi connectivity index (χ4v) is 2.39. The molecule has 0 aromatic carbocycles. The molecule has 0 radical (unpaired) electrons. The summed E-state index contributed by atoms with van der Waals surface area (Å²) in [5, 5.41) is 0. The summed E-state index contributed by atoms with van der Waals surface area (Å²) in [5.74, 6) is 0.00450. The number of amides is 1. The number of ether oxygens (including phenoxy) is 1. The quantitative estimate of drug-likeness (QED) is 0.846. The topological polar surface area (TPSA) is 55.3 Å². The molecule has 2 aromatic rings. The fraction of sp³-hybridized carbons (Fsp3) is 0.312. The summed E-state index contributed by atoms with van der Waals surface area (Å²) in [6, 6.07) is 7.52. The molecule has 1 aliphatic heterocycles. The number of morpholine rings is 1. The number of hydrogen-bond acceptors (Lipinski definition) is 4. The molecule has 3 rings (SSSR count). The zero-order chi connectivity index (χ0) is 14.7. The number of rotatable bonds is 2. The third-order valence-electron chi connectivity index (χ3n) is 3.59. The SMILES string of the molecule is Cc1ccc(C(=O)N2CCOC(c3ccncc3)C2)cn1. The fourth-order valence-electron chi connectivity index (χ4n) is 2.39. The number of hydrogen-bond donors (Lipinski definition) is 0. The van der Waals surface area contributed by atoms with Crippen molar-refractivity contribution in [2.75, 3.05) is 19.7 Å². The van der Waals surface area contributed by atoms with E-state index in [1.807, 2.05) is 36.1 Å². The molecule has 21 heavy (non-hydrogen) atoms. The second-order valence-electron chi connectivity index (χ2n) is 5.08. The van der Waals surface area contributed by atoms with Crippen LogP contribution in [0, 0.1) is 6.92 Å². The summed E-state index contributed by atoms with van der Waals surface area (Å²) in [7, 11) is 0. The maximum Gasteiger partial charge on any atom is 0.255 e. The molecule has 0 N–H and O–H groups in total. The summed E-state index contributed by atoms with van der Waals surface area (Å²) in [6.45, 7) is 3.60. The van der Waals surface area contributed by atoms with E-state index in [1.54, 1.807) is 18.6 Å². The van der Waals surface area contributed by atoms with Crippen molar-refractivity contribution in [2.45, 2.75) is 13.0 Å². The lowest BCUT2D eigenvalue weighted by Crippen LogP contribution is -2.42. The number of nitrogens with zero attached hydrogens (tertiary/aromatic N) is 3. The molecule has 0 bridgehead atoms.